The van der Waals surface area contributed by atoms with Crippen LogP contribution in [-0.2, 0) is 4.79 Å². The molecule has 20 heavy (non-hydrogen) atoms. The fourth-order valence-corrected chi connectivity index (χ4v) is 2.70. The molecular formula is C16H25ClN2O. The van der Waals surface area contributed by atoms with Crippen LogP contribution in [0.25, 0.3) is 0 Å². The highest BCUT2D eigenvalue weighted by Gasteiger charge is 2.18. The fourth-order valence-electron chi connectivity index (χ4n) is 2.70. The van der Waals surface area contributed by atoms with Gasteiger partial charge in [-0.15, -0.1) is 12.4 Å². The van der Waals surface area contributed by atoms with Crippen LogP contribution in [0, 0.1) is 0 Å². The Kier molecular flexibility index (Phi) is 7.63. The summed E-state index contributed by atoms with van der Waals surface area (Å²) in [7, 11) is 0. The van der Waals surface area contributed by atoms with Gasteiger partial charge >= 0.3 is 0 Å². The maximum atomic E-state index is 12.1. The average Bonchev–Trinajstić information content (AvgIpc) is 2.47. The molecule has 1 fully saturated rings. The summed E-state index contributed by atoms with van der Waals surface area (Å²) in [6, 6.07) is 10.7. The number of hydrogen-bond acceptors (Lipinski definition) is 2. The molecule has 1 unspecified atom stereocenters. The third kappa shape index (κ3) is 5.14. The number of hydrogen-bond donors (Lipinski definition) is 2. The van der Waals surface area contributed by atoms with Crippen molar-refractivity contribution in [3.8, 4) is 0 Å². The lowest BCUT2D eigenvalue weighted by molar-refractivity contribution is -0.122. The van der Waals surface area contributed by atoms with Gasteiger partial charge in [0.25, 0.3) is 0 Å². The maximum absolute atomic E-state index is 12.1. The second kappa shape index (κ2) is 8.98. The van der Waals surface area contributed by atoms with Crippen LogP contribution in [0.3, 0.4) is 0 Å². The highest BCUT2D eigenvalue weighted by atomic mass is 35.5. The van der Waals surface area contributed by atoms with Crippen LogP contribution in [0.1, 0.15) is 44.1 Å². The lowest BCUT2D eigenvalue weighted by Crippen LogP contribution is -2.43. The molecule has 1 heterocycles. The molecule has 1 amide bonds. The number of benzene rings is 1. The van der Waals surface area contributed by atoms with E-state index in [4.69, 9.17) is 0 Å². The van der Waals surface area contributed by atoms with Crippen molar-refractivity contribution >= 4 is 18.3 Å². The van der Waals surface area contributed by atoms with Gasteiger partial charge in [-0.2, -0.15) is 0 Å². The van der Waals surface area contributed by atoms with Crippen LogP contribution in [0.15, 0.2) is 30.3 Å². The molecular weight excluding hydrogens is 272 g/mol. The van der Waals surface area contributed by atoms with Gasteiger partial charge in [0, 0.05) is 12.5 Å². The van der Waals surface area contributed by atoms with Crippen LogP contribution in [0.2, 0.25) is 0 Å². The summed E-state index contributed by atoms with van der Waals surface area (Å²) >= 11 is 0. The highest BCUT2D eigenvalue weighted by molar-refractivity contribution is 5.85. The number of carbonyl (C=O) groups excluding carboxylic acids is 1. The third-order valence-electron chi connectivity index (χ3n) is 3.90. The van der Waals surface area contributed by atoms with Crippen LogP contribution < -0.4 is 10.6 Å². The minimum Gasteiger partial charge on any atom is -0.353 e. The first-order valence-electron chi connectivity index (χ1n) is 7.34. The molecule has 0 bridgehead atoms. The summed E-state index contributed by atoms with van der Waals surface area (Å²) in [6.07, 6.45) is 3.70. The van der Waals surface area contributed by atoms with Gasteiger partial charge < -0.3 is 10.6 Å². The molecule has 0 aliphatic carbocycles. The van der Waals surface area contributed by atoms with Gasteiger partial charge in [0.05, 0.1) is 0 Å². The molecule has 4 heteroatoms. The van der Waals surface area contributed by atoms with Gasteiger partial charge in [-0.25, -0.2) is 0 Å². The lowest BCUT2D eigenvalue weighted by atomic mass is 9.92. The Labute approximate surface area is 127 Å². The van der Waals surface area contributed by atoms with Crippen LogP contribution in [0.4, 0.5) is 0 Å². The van der Waals surface area contributed by atoms with E-state index in [-0.39, 0.29) is 18.3 Å². The Bertz CT molecular complexity index is 391. The number of rotatable bonds is 5. The first kappa shape index (κ1) is 17.0. The molecule has 1 aliphatic heterocycles. The monoisotopic (exact) mass is 296 g/mol. The van der Waals surface area contributed by atoms with E-state index in [9.17, 15) is 4.79 Å². The van der Waals surface area contributed by atoms with Gasteiger partial charge in [-0.1, -0.05) is 37.3 Å². The molecule has 1 aromatic carbocycles. The first-order chi connectivity index (χ1) is 9.29. The zero-order valence-corrected chi connectivity index (χ0v) is 12.9. The number of halogens is 1. The van der Waals surface area contributed by atoms with Crippen molar-refractivity contribution in [2.75, 3.05) is 13.1 Å². The SMILES string of the molecule is CCC(CC(=O)NC1CCNCC1)c1ccccc1.Cl. The standard InChI is InChI=1S/C16H24N2O.ClH/c1-2-13(14-6-4-3-5-7-14)12-16(19)18-15-8-10-17-11-9-15;/h3-7,13,15,17H,2,8-12H2,1H3,(H,18,19);1H. The van der Waals surface area contributed by atoms with Gasteiger partial charge in [0.15, 0.2) is 0 Å². The Morgan fingerprint density at radius 2 is 1.95 bits per heavy atom. The summed E-state index contributed by atoms with van der Waals surface area (Å²) in [5.74, 6) is 0.533. The van der Waals surface area contributed by atoms with Crippen molar-refractivity contribution in [1.82, 2.24) is 10.6 Å². The molecule has 2 rings (SSSR count). The molecule has 1 saturated heterocycles. The second-order valence-electron chi connectivity index (χ2n) is 5.31. The summed E-state index contributed by atoms with van der Waals surface area (Å²) < 4.78 is 0. The number of amides is 1. The molecule has 1 atom stereocenters. The van der Waals surface area contributed by atoms with Crippen molar-refractivity contribution in [2.24, 2.45) is 0 Å². The zero-order chi connectivity index (χ0) is 13.5. The number of carbonyl (C=O) groups is 1. The summed E-state index contributed by atoms with van der Waals surface area (Å²) in [6.45, 7) is 4.18. The van der Waals surface area contributed by atoms with E-state index in [1.807, 2.05) is 18.2 Å². The average molecular weight is 297 g/mol. The third-order valence-corrected chi connectivity index (χ3v) is 3.90. The fraction of sp³-hybridized carbons (Fsp3) is 0.562. The van der Waals surface area contributed by atoms with E-state index in [0.717, 1.165) is 32.4 Å². The Hall–Kier alpha value is -1.06. The highest BCUT2D eigenvalue weighted by Crippen LogP contribution is 2.22. The van der Waals surface area contributed by atoms with Crippen molar-refractivity contribution < 1.29 is 4.79 Å². The van der Waals surface area contributed by atoms with Gasteiger partial charge in [-0.05, 0) is 43.8 Å². The molecule has 0 saturated carbocycles. The van der Waals surface area contributed by atoms with E-state index < -0.39 is 0 Å². The van der Waals surface area contributed by atoms with Crippen LogP contribution in [-0.4, -0.2) is 25.0 Å². The molecule has 1 aliphatic rings. The predicted molar refractivity (Wildman–Crippen MR) is 85.4 cm³/mol. The summed E-state index contributed by atoms with van der Waals surface area (Å²) in [5.41, 5.74) is 1.27. The predicted octanol–water partition coefficient (Wildman–Crippen LogP) is 2.86. The largest absolute Gasteiger partial charge is 0.353 e. The smallest absolute Gasteiger partial charge is 0.220 e. The van der Waals surface area contributed by atoms with Crippen LogP contribution >= 0.6 is 12.4 Å². The van der Waals surface area contributed by atoms with Crippen molar-refractivity contribution in [3.05, 3.63) is 35.9 Å². The van der Waals surface area contributed by atoms with Gasteiger partial charge in [0.1, 0.15) is 0 Å². The maximum Gasteiger partial charge on any atom is 0.220 e. The Morgan fingerprint density at radius 1 is 1.30 bits per heavy atom. The van der Waals surface area contributed by atoms with E-state index >= 15 is 0 Å². The Morgan fingerprint density at radius 3 is 2.55 bits per heavy atom. The van der Waals surface area contributed by atoms with Crippen molar-refractivity contribution in [2.45, 2.75) is 44.6 Å². The first-order valence-corrected chi connectivity index (χ1v) is 7.34. The van der Waals surface area contributed by atoms with Gasteiger partial charge in [-0.3, -0.25) is 4.79 Å². The van der Waals surface area contributed by atoms with Crippen LogP contribution in [0.5, 0.6) is 0 Å². The second-order valence-corrected chi connectivity index (χ2v) is 5.31. The lowest BCUT2D eigenvalue weighted by Gasteiger charge is -2.24. The Balaban J connectivity index is 0.00000200. The molecule has 0 aromatic heterocycles. The molecule has 0 spiro atoms. The van der Waals surface area contributed by atoms with E-state index in [1.165, 1.54) is 5.56 Å². The normalized spacial score (nSPS) is 17.1. The molecule has 1 aromatic rings. The molecule has 3 nitrogen and oxygen atoms in total. The number of piperidine rings is 1. The molecule has 2 N–H and O–H groups in total. The zero-order valence-electron chi connectivity index (χ0n) is 12.1. The van der Waals surface area contributed by atoms with Gasteiger partial charge in [0.2, 0.25) is 5.91 Å². The van der Waals surface area contributed by atoms with E-state index in [1.54, 1.807) is 0 Å². The summed E-state index contributed by atoms with van der Waals surface area (Å²) in [5, 5.41) is 6.49. The van der Waals surface area contributed by atoms with E-state index in [0.29, 0.717) is 18.4 Å². The minimum atomic E-state index is 0. The minimum absolute atomic E-state index is 0. The number of nitrogens with one attached hydrogen (secondary N) is 2. The van der Waals surface area contributed by atoms with Crippen molar-refractivity contribution in [3.63, 3.8) is 0 Å². The topological polar surface area (TPSA) is 41.1 Å². The quantitative estimate of drug-likeness (QED) is 0.877. The molecule has 0 radical (unpaired) electrons. The summed E-state index contributed by atoms with van der Waals surface area (Å²) in [4.78, 5) is 12.1. The van der Waals surface area contributed by atoms with E-state index in [2.05, 4.69) is 29.7 Å². The van der Waals surface area contributed by atoms with Crippen molar-refractivity contribution in [1.29, 1.82) is 0 Å². The molecule has 112 valence electrons.